The van der Waals surface area contributed by atoms with Crippen molar-refractivity contribution in [2.24, 2.45) is 0 Å². The summed E-state index contributed by atoms with van der Waals surface area (Å²) in [6.07, 6.45) is 0.557. The molecule has 1 atom stereocenters. The number of carbonyl (C=O) groups is 1. The first-order chi connectivity index (χ1) is 12.6. The van der Waals surface area contributed by atoms with Crippen LogP contribution >= 0.6 is 11.8 Å². The number of carbonyl (C=O) groups excluding carboxylic acids is 1. The number of aromatic nitrogens is 2. The van der Waals surface area contributed by atoms with Crippen LogP contribution in [0.2, 0.25) is 0 Å². The predicted octanol–water partition coefficient (Wildman–Crippen LogP) is 2.84. The zero-order valence-corrected chi connectivity index (χ0v) is 15.3. The molecule has 3 rings (SSSR count). The van der Waals surface area contributed by atoms with Crippen molar-refractivity contribution >= 4 is 23.4 Å². The van der Waals surface area contributed by atoms with E-state index < -0.39 is 11.2 Å². The van der Waals surface area contributed by atoms with Crippen molar-refractivity contribution < 1.29 is 19.1 Å². The molecule has 3 aromatic rings. The third kappa shape index (κ3) is 4.05. The van der Waals surface area contributed by atoms with E-state index in [-0.39, 0.29) is 10.9 Å². The van der Waals surface area contributed by atoms with Crippen LogP contribution in [0.25, 0.3) is 5.69 Å². The van der Waals surface area contributed by atoms with Crippen LogP contribution in [-0.2, 0) is 4.79 Å². The van der Waals surface area contributed by atoms with Crippen molar-refractivity contribution in [2.75, 3.05) is 5.32 Å². The molecular weight excluding hydrogens is 350 g/mol. The van der Waals surface area contributed by atoms with Crippen molar-refractivity contribution in [1.82, 2.24) is 5.27 Å². The molecule has 0 aliphatic rings. The SMILES string of the molecule is CCC(Sc1c([O-])on[n+]1-c1ccccc1)C(=O)Nc1ccc(C)cc1. The number of nitrogens with one attached hydrogen (secondary N) is 1. The number of nitrogens with zero attached hydrogens (tertiary/aromatic N) is 2. The van der Waals surface area contributed by atoms with Crippen LogP contribution in [0.15, 0.2) is 64.1 Å². The summed E-state index contributed by atoms with van der Waals surface area (Å²) in [5.74, 6) is -0.720. The number of hydrogen-bond donors (Lipinski definition) is 1. The topological polar surface area (TPSA) is 82.1 Å². The van der Waals surface area contributed by atoms with Gasteiger partial charge in [-0.05, 0) is 41.9 Å². The summed E-state index contributed by atoms with van der Waals surface area (Å²) in [6.45, 7) is 3.89. The minimum atomic E-state index is -0.555. The molecule has 1 amide bonds. The van der Waals surface area contributed by atoms with Gasteiger partial charge in [0.2, 0.25) is 11.6 Å². The van der Waals surface area contributed by atoms with Gasteiger partial charge in [0.15, 0.2) is 5.95 Å². The number of rotatable bonds is 6. The van der Waals surface area contributed by atoms with Gasteiger partial charge in [-0.25, -0.2) is 0 Å². The van der Waals surface area contributed by atoms with Crippen LogP contribution in [0.3, 0.4) is 0 Å². The number of para-hydroxylation sites is 1. The lowest BCUT2D eigenvalue weighted by Gasteiger charge is -2.13. The minimum Gasteiger partial charge on any atom is -0.538 e. The molecule has 0 saturated heterocycles. The van der Waals surface area contributed by atoms with Gasteiger partial charge in [0.1, 0.15) is 0 Å². The Labute approximate surface area is 155 Å². The smallest absolute Gasteiger partial charge is 0.298 e. The third-order valence-corrected chi connectivity index (χ3v) is 5.20. The summed E-state index contributed by atoms with van der Waals surface area (Å²) < 4.78 is 6.24. The fraction of sp³-hybridized carbons (Fsp3) is 0.211. The van der Waals surface area contributed by atoms with Crippen molar-refractivity contribution in [3.8, 4) is 11.6 Å². The molecular formula is C19H19N3O3S. The van der Waals surface area contributed by atoms with Gasteiger partial charge < -0.3 is 14.9 Å². The number of thioether (sulfide) groups is 1. The van der Waals surface area contributed by atoms with Gasteiger partial charge in [0.05, 0.1) is 10.5 Å². The van der Waals surface area contributed by atoms with Crippen molar-refractivity contribution in [3.05, 3.63) is 60.2 Å². The van der Waals surface area contributed by atoms with E-state index in [2.05, 4.69) is 10.6 Å². The van der Waals surface area contributed by atoms with Crippen molar-refractivity contribution in [2.45, 2.75) is 30.5 Å². The van der Waals surface area contributed by atoms with E-state index in [1.165, 1.54) is 4.68 Å². The Kier molecular flexibility index (Phi) is 5.58. The summed E-state index contributed by atoms with van der Waals surface area (Å²) >= 11 is 1.16. The zero-order chi connectivity index (χ0) is 18.5. The van der Waals surface area contributed by atoms with E-state index in [0.717, 1.165) is 23.0 Å². The summed E-state index contributed by atoms with van der Waals surface area (Å²) in [6, 6.07) is 16.8. The number of amides is 1. The fourth-order valence-electron chi connectivity index (χ4n) is 2.39. The van der Waals surface area contributed by atoms with E-state index in [1.54, 1.807) is 0 Å². The third-order valence-electron chi connectivity index (χ3n) is 3.81. The highest BCUT2D eigenvalue weighted by molar-refractivity contribution is 8.00. The molecule has 7 heteroatoms. The second-order valence-electron chi connectivity index (χ2n) is 5.78. The van der Waals surface area contributed by atoms with E-state index in [9.17, 15) is 9.90 Å². The summed E-state index contributed by atoms with van der Waals surface area (Å²) in [5, 5.41) is 18.6. The first kappa shape index (κ1) is 18.0. The highest BCUT2D eigenvalue weighted by Crippen LogP contribution is 2.29. The fourth-order valence-corrected chi connectivity index (χ4v) is 3.36. The molecule has 1 unspecified atom stereocenters. The molecule has 0 saturated carbocycles. The summed E-state index contributed by atoms with van der Waals surface area (Å²) in [5.41, 5.74) is 2.55. The molecule has 1 heterocycles. The van der Waals surface area contributed by atoms with Crippen LogP contribution < -0.4 is 15.1 Å². The molecule has 0 fully saturated rings. The molecule has 0 bridgehead atoms. The predicted molar refractivity (Wildman–Crippen MR) is 97.2 cm³/mol. The van der Waals surface area contributed by atoms with Gasteiger partial charge in [-0.1, -0.05) is 42.8 Å². The summed E-state index contributed by atoms with van der Waals surface area (Å²) in [4.78, 5) is 12.6. The van der Waals surface area contributed by atoms with Gasteiger partial charge in [0, 0.05) is 17.8 Å². The maximum atomic E-state index is 12.6. The standard InChI is InChI=1S/C19H19N3O3S/c1-3-16(17(23)20-14-11-9-13(2)10-12-14)26-18-19(24)25-21-22(18)15-7-5-4-6-8-15/h4-12,16H,3H2,1-2H3,(H-,20,21,23,24). The Morgan fingerprint density at radius 2 is 1.92 bits per heavy atom. The maximum absolute atomic E-state index is 12.6. The first-order valence-corrected chi connectivity index (χ1v) is 9.15. The number of anilines is 1. The van der Waals surface area contributed by atoms with Crippen LogP contribution in [0, 0.1) is 6.92 Å². The highest BCUT2D eigenvalue weighted by atomic mass is 32.2. The molecule has 0 aliphatic heterocycles. The van der Waals surface area contributed by atoms with E-state index in [4.69, 9.17) is 4.52 Å². The van der Waals surface area contributed by atoms with Gasteiger partial charge in [-0.2, -0.15) is 0 Å². The van der Waals surface area contributed by atoms with Gasteiger partial charge in [0.25, 0.3) is 5.03 Å². The number of benzene rings is 2. The lowest BCUT2D eigenvalue weighted by atomic mass is 10.2. The molecule has 26 heavy (non-hydrogen) atoms. The molecule has 134 valence electrons. The maximum Gasteiger partial charge on any atom is 0.298 e. The molecule has 0 aliphatic carbocycles. The lowest BCUT2D eigenvalue weighted by molar-refractivity contribution is -0.705. The Balaban J connectivity index is 1.79. The van der Waals surface area contributed by atoms with Gasteiger partial charge in [-0.3, -0.25) is 4.79 Å². The highest BCUT2D eigenvalue weighted by Gasteiger charge is 2.28. The van der Waals surface area contributed by atoms with Crippen LogP contribution in [0.4, 0.5) is 5.69 Å². The van der Waals surface area contributed by atoms with Crippen molar-refractivity contribution in [1.29, 1.82) is 0 Å². The Bertz CT molecular complexity index is 879. The van der Waals surface area contributed by atoms with E-state index >= 15 is 0 Å². The minimum absolute atomic E-state index is 0.165. The average Bonchev–Trinajstić information content (AvgIpc) is 3.02. The summed E-state index contributed by atoms with van der Waals surface area (Å²) in [7, 11) is 0. The number of hydrogen-bond acceptors (Lipinski definition) is 5. The second-order valence-corrected chi connectivity index (χ2v) is 6.97. The monoisotopic (exact) mass is 369 g/mol. The molecule has 0 radical (unpaired) electrons. The second kappa shape index (κ2) is 8.05. The molecule has 0 spiro atoms. The van der Waals surface area contributed by atoms with Crippen LogP contribution in [0.5, 0.6) is 5.95 Å². The van der Waals surface area contributed by atoms with E-state index in [1.807, 2.05) is 68.4 Å². The Morgan fingerprint density at radius 1 is 1.23 bits per heavy atom. The van der Waals surface area contributed by atoms with E-state index in [0.29, 0.717) is 12.1 Å². The largest absolute Gasteiger partial charge is 0.538 e. The molecule has 6 nitrogen and oxygen atoms in total. The first-order valence-electron chi connectivity index (χ1n) is 8.27. The molecule has 1 aromatic heterocycles. The quantitative estimate of drug-likeness (QED) is 0.534. The zero-order valence-electron chi connectivity index (χ0n) is 14.5. The average molecular weight is 369 g/mol. The normalized spacial score (nSPS) is 11.9. The van der Waals surface area contributed by atoms with Crippen molar-refractivity contribution in [3.63, 3.8) is 0 Å². The lowest BCUT2D eigenvalue weighted by Crippen LogP contribution is -2.36. The molecule has 2 aromatic carbocycles. The van der Waals surface area contributed by atoms with Crippen LogP contribution in [-0.4, -0.2) is 16.4 Å². The van der Waals surface area contributed by atoms with Crippen LogP contribution in [0.1, 0.15) is 18.9 Å². The van der Waals surface area contributed by atoms with Gasteiger partial charge >= 0.3 is 0 Å². The molecule has 1 N–H and O–H groups in total. The Morgan fingerprint density at radius 3 is 2.58 bits per heavy atom. The Hall–Kier alpha value is -2.80. The number of aryl methyl sites for hydroxylation is 1. The van der Waals surface area contributed by atoms with Gasteiger partial charge in [-0.15, -0.1) is 0 Å².